The Morgan fingerprint density at radius 3 is 2.86 bits per heavy atom. The molecule has 0 fully saturated rings. The number of nitrogens with zero attached hydrogens (tertiary/aromatic N) is 4. The summed E-state index contributed by atoms with van der Waals surface area (Å²) in [6, 6.07) is 14.0. The minimum atomic E-state index is -0.0336. The fourth-order valence-corrected chi connectivity index (χ4v) is 4.91. The second-order valence-electron chi connectivity index (χ2n) is 6.28. The smallest absolute Gasteiger partial charge is 0.230 e. The number of imidazole rings is 1. The van der Waals surface area contributed by atoms with Gasteiger partial charge in [0.25, 0.3) is 0 Å². The number of carbonyl (C=O) groups excluding carboxylic acids is 1. The predicted octanol–water partition coefficient (Wildman–Crippen LogP) is 5.33. The maximum absolute atomic E-state index is 12.4. The molecule has 7 heteroatoms. The average Bonchev–Trinajstić information content (AvgIpc) is 3.34. The third-order valence-electron chi connectivity index (χ3n) is 4.41. The number of anilines is 2. The minimum Gasteiger partial charge on any atom is -0.295 e. The fourth-order valence-electron chi connectivity index (χ4n) is 3.07. The van der Waals surface area contributed by atoms with Gasteiger partial charge in [-0.2, -0.15) is 0 Å². The third-order valence-corrected chi connectivity index (χ3v) is 6.29. The Hall–Kier alpha value is -2.64. The van der Waals surface area contributed by atoms with E-state index in [0.29, 0.717) is 10.9 Å². The van der Waals surface area contributed by atoms with Gasteiger partial charge in [-0.15, -0.1) is 11.3 Å². The molecule has 0 spiro atoms. The number of thiazole rings is 1. The minimum absolute atomic E-state index is 0.0336. The number of pyridine rings is 1. The maximum atomic E-state index is 12.4. The van der Waals surface area contributed by atoms with Gasteiger partial charge in [0.1, 0.15) is 0 Å². The molecule has 0 atom stereocenters. The van der Waals surface area contributed by atoms with Crippen LogP contribution in [0.4, 0.5) is 10.8 Å². The van der Waals surface area contributed by atoms with Crippen LogP contribution in [0, 0.1) is 0 Å². The first-order chi connectivity index (χ1) is 13.7. The van der Waals surface area contributed by atoms with Gasteiger partial charge in [0.15, 0.2) is 10.3 Å². The van der Waals surface area contributed by atoms with Gasteiger partial charge in [-0.05, 0) is 30.2 Å². The molecule has 0 aliphatic rings. The molecule has 1 aromatic carbocycles. The van der Waals surface area contributed by atoms with E-state index >= 15 is 0 Å². The lowest BCUT2D eigenvalue weighted by Crippen LogP contribution is -2.23. The van der Waals surface area contributed by atoms with Crippen molar-refractivity contribution in [1.82, 2.24) is 14.4 Å². The van der Waals surface area contributed by atoms with E-state index in [2.05, 4.69) is 22.4 Å². The van der Waals surface area contributed by atoms with Gasteiger partial charge in [-0.1, -0.05) is 43.0 Å². The van der Waals surface area contributed by atoms with Crippen LogP contribution in [-0.4, -0.2) is 20.3 Å². The van der Waals surface area contributed by atoms with E-state index in [0.717, 1.165) is 34.0 Å². The lowest BCUT2D eigenvalue weighted by atomic mass is 10.1. The quantitative estimate of drug-likeness (QED) is 0.405. The van der Waals surface area contributed by atoms with Crippen molar-refractivity contribution < 1.29 is 4.79 Å². The molecule has 0 saturated heterocycles. The molecule has 0 N–H and O–H groups in total. The Morgan fingerprint density at radius 1 is 1.21 bits per heavy atom. The molecule has 0 saturated carbocycles. The van der Waals surface area contributed by atoms with Crippen molar-refractivity contribution in [1.29, 1.82) is 0 Å². The zero-order chi connectivity index (χ0) is 19.5. The zero-order valence-electron chi connectivity index (χ0n) is 15.7. The Bertz CT molecular complexity index is 1120. The molecule has 0 aliphatic heterocycles. The number of fused-ring (bicyclic) bond motifs is 1. The highest BCUT2D eigenvalue weighted by atomic mass is 32.2. The summed E-state index contributed by atoms with van der Waals surface area (Å²) < 4.78 is 2.07. The molecule has 5 nitrogen and oxygen atoms in total. The lowest BCUT2D eigenvalue weighted by molar-refractivity contribution is -0.115. The molecule has 0 bridgehead atoms. The van der Waals surface area contributed by atoms with Crippen molar-refractivity contribution in [3.8, 4) is 0 Å². The van der Waals surface area contributed by atoms with Crippen molar-refractivity contribution in [3.05, 3.63) is 71.5 Å². The molecular formula is C21H20N4OS2. The van der Waals surface area contributed by atoms with Gasteiger partial charge < -0.3 is 0 Å². The molecule has 142 valence electrons. The zero-order valence-corrected chi connectivity index (χ0v) is 17.3. The van der Waals surface area contributed by atoms with Crippen molar-refractivity contribution in [2.24, 2.45) is 0 Å². The van der Waals surface area contributed by atoms with Crippen LogP contribution in [0.1, 0.15) is 25.1 Å². The molecule has 1 amide bonds. The number of aromatic nitrogens is 3. The second kappa shape index (κ2) is 8.16. The van der Waals surface area contributed by atoms with E-state index in [1.807, 2.05) is 54.2 Å². The van der Waals surface area contributed by atoms with Crippen LogP contribution < -0.4 is 4.90 Å². The van der Waals surface area contributed by atoms with Crippen LogP contribution in [0.3, 0.4) is 0 Å². The molecule has 0 unspecified atom stereocenters. The molecule has 28 heavy (non-hydrogen) atoms. The average molecular weight is 409 g/mol. The number of amides is 1. The maximum Gasteiger partial charge on any atom is 0.230 e. The highest BCUT2D eigenvalue weighted by Gasteiger charge is 2.20. The topological polar surface area (TPSA) is 50.5 Å². The number of benzene rings is 1. The molecule has 0 aliphatic carbocycles. The number of para-hydroxylation sites is 1. The Balaban J connectivity index is 1.56. The first-order valence-electron chi connectivity index (χ1n) is 9.05. The first kappa shape index (κ1) is 18.7. The van der Waals surface area contributed by atoms with Crippen LogP contribution in [-0.2, 0) is 17.0 Å². The standard InChI is InChI=1S/C21H20N4OS2/c1-3-16-8-4-5-10-19(16)25(15(2)26)21-23-17(14-28-21)13-27-20-22-12-18-9-6-7-11-24(18)20/h4-12,14H,3,13H2,1-2H3. The monoisotopic (exact) mass is 408 g/mol. The highest BCUT2D eigenvalue weighted by Crippen LogP contribution is 2.33. The fraction of sp³-hybridized carbons (Fsp3) is 0.190. The molecule has 3 heterocycles. The van der Waals surface area contributed by atoms with Crippen LogP contribution in [0.5, 0.6) is 0 Å². The lowest BCUT2D eigenvalue weighted by Gasteiger charge is -2.20. The summed E-state index contributed by atoms with van der Waals surface area (Å²) in [6.45, 7) is 3.68. The summed E-state index contributed by atoms with van der Waals surface area (Å²) in [4.78, 5) is 23.3. The second-order valence-corrected chi connectivity index (χ2v) is 8.06. The predicted molar refractivity (Wildman–Crippen MR) is 116 cm³/mol. The Labute approximate surface area is 172 Å². The summed E-state index contributed by atoms with van der Waals surface area (Å²) >= 11 is 3.13. The SMILES string of the molecule is CCc1ccccc1N(C(C)=O)c1nc(CSc2ncc3ccccn23)cs1. The van der Waals surface area contributed by atoms with Crippen LogP contribution in [0.25, 0.3) is 5.52 Å². The summed E-state index contributed by atoms with van der Waals surface area (Å²) in [5.41, 5.74) is 4.05. The number of thioether (sulfide) groups is 1. The van der Waals surface area contributed by atoms with E-state index in [1.54, 1.807) is 23.6 Å². The highest BCUT2D eigenvalue weighted by molar-refractivity contribution is 7.98. The molecule has 4 aromatic rings. The van der Waals surface area contributed by atoms with E-state index in [4.69, 9.17) is 4.98 Å². The van der Waals surface area contributed by atoms with E-state index in [1.165, 1.54) is 11.3 Å². The summed E-state index contributed by atoms with van der Waals surface area (Å²) in [7, 11) is 0. The number of aryl methyl sites for hydroxylation is 1. The van der Waals surface area contributed by atoms with Crippen LogP contribution in [0.15, 0.2) is 65.4 Å². The van der Waals surface area contributed by atoms with Gasteiger partial charge in [-0.3, -0.25) is 14.1 Å². The third kappa shape index (κ3) is 3.68. The molecule has 4 rings (SSSR count). The van der Waals surface area contributed by atoms with E-state index in [9.17, 15) is 4.79 Å². The molecule has 3 aromatic heterocycles. The van der Waals surface area contributed by atoms with Gasteiger partial charge in [0.05, 0.1) is 23.1 Å². The van der Waals surface area contributed by atoms with Gasteiger partial charge >= 0.3 is 0 Å². The van der Waals surface area contributed by atoms with Crippen molar-refractivity contribution in [2.45, 2.75) is 31.2 Å². The van der Waals surface area contributed by atoms with E-state index < -0.39 is 0 Å². The summed E-state index contributed by atoms with van der Waals surface area (Å²) in [6.07, 6.45) is 4.74. The Morgan fingerprint density at radius 2 is 2.04 bits per heavy atom. The number of carbonyl (C=O) groups is 1. The van der Waals surface area contributed by atoms with Gasteiger partial charge in [0, 0.05) is 24.3 Å². The summed E-state index contributed by atoms with van der Waals surface area (Å²) in [5, 5.41) is 3.66. The first-order valence-corrected chi connectivity index (χ1v) is 10.9. The summed E-state index contributed by atoms with van der Waals surface area (Å²) in [5.74, 6) is 0.666. The van der Waals surface area contributed by atoms with Gasteiger partial charge in [-0.25, -0.2) is 9.97 Å². The van der Waals surface area contributed by atoms with E-state index in [-0.39, 0.29) is 5.91 Å². The van der Waals surface area contributed by atoms with Gasteiger partial charge in [0.2, 0.25) is 5.91 Å². The Kier molecular flexibility index (Phi) is 5.45. The number of hydrogen-bond donors (Lipinski definition) is 0. The number of rotatable bonds is 6. The molecule has 0 radical (unpaired) electrons. The normalized spacial score (nSPS) is 11.1. The van der Waals surface area contributed by atoms with Crippen molar-refractivity contribution in [2.75, 3.05) is 4.90 Å². The van der Waals surface area contributed by atoms with Crippen LogP contribution in [0.2, 0.25) is 0 Å². The van der Waals surface area contributed by atoms with Crippen molar-refractivity contribution in [3.63, 3.8) is 0 Å². The number of hydrogen-bond acceptors (Lipinski definition) is 5. The largest absolute Gasteiger partial charge is 0.295 e. The van der Waals surface area contributed by atoms with Crippen LogP contribution >= 0.6 is 23.1 Å². The molecular weight excluding hydrogens is 388 g/mol. The van der Waals surface area contributed by atoms with Crippen molar-refractivity contribution >= 4 is 45.3 Å².